The summed E-state index contributed by atoms with van der Waals surface area (Å²) in [7, 11) is 0. The highest BCUT2D eigenvalue weighted by molar-refractivity contribution is 5.68. The van der Waals surface area contributed by atoms with Crippen molar-refractivity contribution in [3.8, 4) is 11.8 Å². The number of amides is 1. The maximum absolute atomic E-state index is 13.9. The van der Waals surface area contributed by atoms with Gasteiger partial charge in [0.25, 0.3) is 0 Å². The van der Waals surface area contributed by atoms with Crippen molar-refractivity contribution < 1.29 is 27.8 Å². The molecule has 30 heavy (non-hydrogen) atoms. The number of hydrogen-bond acceptors (Lipinski definition) is 6. The third kappa shape index (κ3) is 5.80. The van der Waals surface area contributed by atoms with Crippen LogP contribution in [-0.4, -0.2) is 73.0 Å². The molecule has 2 bridgehead atoms. The number of nitrogens with zero attached hydrogens (tertiary/aromatic N) is 3. The summed E-state index contributed by atoms with van der Waals surface area (Å²) < 4.78 is 44.4. The molecular weight excluding hydrogens is 396 g/mol. The third-order valence-corrected chi connectivity index (χ3v) is 4.80. The second-order valence-electron chi connectivity index (χ2n) is 8.61. The second-order valence-corrected chi connectivity index (χ2v) is 8.61. The molecule has 164 valence electrons. The standard InChI is InChI=1S/C21H27F2N3O4/c1-21(2,3)30-20(27)26-12-15-10-25(11-16(13-26)29-15)5-4-6-28-19-17(22)7-14(9-24)8-18(19)23/h7-8,15-16H,4-6,10-13H2,1-3H3. The van der Waals surface area contributed by atoms with Crippen LogP contribution in [0, 0.1) is 23.0 Å². The molecule has 0 N–H and O–H groups in total. The van der Waals surface area contributed by atoms with Crippen LogP contribution in [0.25, 0.3) is 0 Å². The van der Waals surface area contributed by atoms with E-state index in [1.54, 1.807) is 11.0 Å². The fourth-order valence-corrected chi connectivity index (χ4v) is 3.66. The van der Waals surface area contributed by atoms with E-state index in [1.807, 2.05) is 20.8 Å². The van der Waals surface area contributed by atoms with Crippen molar-refractivity contribution in [1.29, 1.82) is 5.26 Å². The summed E-state index contributed by atoms with van der Waals surface area (Å²) in [5.41, 5.74) is -0.623. The van der Waals surface area contributed by atoms with Gasteiger partial charge in [0.05, 0.1) is 43.5 Å². The minimum absolute atomic E-state index is 0.0855. The van der Waals surface area contributed by atoms with E-state index < -0.39 is 23.0 Å². The van der Waals surface area contributed by atoms with Crippen LogP contribution in [0.5, 0.6) is 5.75 Å². The van der Waals surface area contributed by atoms with E-state index in [0.717, 1.165) is 12.1 Å². The van der Waals surface area contributed by atoms with E-state index in [-0.39, 0.29) is 30.5 Å². The van der Waals surface area contributed by atoms with Gasteiger partial charge in [0, 0.05) is 19.6 Å². The minimum Gasteiger partial charge on any atom is -0.488 e. The smallest absolute Gasteiger partial charge is 0.410 e. The van der Waals surface area contributed by atoms with Gasteiger partial charge in [-0.15, -0.1) is 0 Å². The first kappa shape index (κ1) is 22.2. The Labute approximate surface area is 175 Å². The molecule has 7 nitrogen and oxygen atoms in total. The maximum atomic E-state index is 13.9. The Morgan fingerprint density at radius 1 is 1.20 bits per heavy atom. The molecular formula is C21H27F2N3O4. The number of carbonyl (C=O) groups is 1. The molecule has 2 atom stereocenters. The molecule has 2 fully saturated rings. The van der Waals surface area contributed by atoms with Crippen molar-refractivity contribution in [3.05, 3.63) is 29.3 Å². The highest BCUT2D eigenvalue weighted by Gasteiger charge is 2.37. The molecule has 1 aromatic rings. The molecule has 0 spiro atoms. The van der Waals surface area contributed by atoms with E-state index in [2.05, 4.69) is 4.90 Å². The SMILES string of the molecule is CC(C)(C)OC(=O)N1CC2CN(CCCOc3c(F)cc(C#N)cc3F)CC(C1)O2. The minimum atomic E-state index is -0.880. The number of morpholine rings is 2. The fraction of sp³-hybridized carbons (Fsp3) is 0.619. The Balaban J connectivity index is 1.44. The molecule has 0 aromatic heterocycles. The Morgan fingerprint density at radius 2 is 1.80 bits per heavy atom. The van der Waals surface area contributed by atoms with Crippen molar-refractivity contribution in [2.45, 2.75) is 45.0 Å². The number of ether oxygens (including phenoxy) is 3. The van der Waals surface area contributed by atoms with Crippen molar-refractivity contribution in [2.75, 3.05) is 39.3 Å². The van der Waals surface area contributed by atoms with Gasteiger partial charge in [-0.25, -0.2) is 13.6 Å². The molecule has 2 unspecified atom stereocenters. The van der Waals surface area contributed by atoms with Crippen LogP contribution in [-0.2, 0) is 9.47 Å². The number of benzene rings is 1. The third-order valence-electron chi connectivity index (χ3n) is 4.80. The summed E-state index contributed by atoms with van der Waals surface area (Å²) in [6.07, 6.45) is 0.0569. The molecule has 2 heterocycles. The van der Waals surface area contributed by atoms with Crippen molar-refractivity contribution >= 4 is 6.09 Å². The van der Waals surface area contributed by atoms with Crippen LogP contribution in [0.4, 0.5) is 13.6 Å². The Kier molecular flexibility index (Phi) is 6.78. The molecule has 1 amide bonds. The predicted octanol–water partition coefficient (Wildman–Crippen LogP) is 2.93. The molecule has 3 rings (SSSR count). The molecule has 0 saturated carbocycles. The number of rotatable bonds is 5. The van der Waals surface area contributed by atoms with Gasteiger partial charge in [-0.05, 0) is 39.3 Å². The highest BCUT2D eigenvalue weighted by atomic mass is 19.1. The van der Waals surface area contributed by atoms with Crippen LogP contribution < -0.4 is 4.74 Å². The quantitative estimate of drug-likeness (QED) is 0.678. The van der Waals surface area contributed by atoms with Crippen LogP contribution in [0.15, 0.2) is 12.1 Å². The predicted molar refractivity (Wildman–Crippen MR) is 104 cm³/mol. The van der Waals surface area contributed by atoms with Crippen molar-refractivity contribution in [1.82, 2.24) is 9.80 Å². The largest absolute Gasteiger partial charge is 0.488 e. The van der Waals surface area contributed by atoms with Crippen LogP contribution >= 0.6 is 0 Å². The van der Waals surface area contributed by atoms with Crippen LogP contribution in [0.2, 0.25) is 0 Å². The van der Waals surface area contributed by atoms with E-state index >= 15 is 0 Å². The lowest BCUT2D eigenvalue weighted by Crippen LogP contribution is -2.61. The zero-order chi connectivity index (χ0) is 21.9. The van der Waals surface area contributed by atoms with Gasteiger partial charge in [-0.1, -0.05) is 0 Å². The van der Waals surface area contributed by atoms with Gasteiger partial charge >= 0.3 is 6.09 Å². The molecule has 2 aliphatic heterocycles. The first-order chi connectivity index (χ1) is 14.1. The van der Waals surface area contributed by atoms with Gasteiger partial charge in [0.2, 0.25) is 0 Å². The Hall–Kier alpha value is -2.44. The average Bonchev–Trinajstić information content (AvgIpc) is 2.64. The fourth-order valence-electron chi connectivity index (χ4n) is 3.66. The van der Waals surface area contributed by atoms with E-state index in [9.17, 15) is 13.6 Å². The first-order valence-corrected chi connectivity index (χ1v) is 10.0. The lowest BCUT2D eigenvalue weighted by atomic mass is 10.1. The lowest BCUT2D eigenvalue weighted by molar-refractivity contribution is -0.136. The maximum Gasteiger partial charge on any atom is 0.410 e. The number of hydrogen-bond donors (Lipinski definition) is 0. The number of nitriles is 1. The summed E-state index contributed by atoms with van der Waals surface area (Å²) in [6, 6.07) is 3.61. The molecule has 2 aliphatic rings. The topological polar surface area (TPSA) is 75.0 Å². The van der Waals surface area contributed by atoms with Crippen molar-refractivity contribution in [3.63, 3.8) is 0 Å². The lowest BCUT2D eigenvalue weighted by Gasteiger charge is -2.45. The average molecular weight is 423 g/mol. The molecule has 1 aromatic carbocycles. The van der Waals surface area contributed by atoms with Crippen LogP contribution in [0.1, 0.15) is 32.8 Å². The molecule has 0 radical (unpaired) electrons. The van der Waals surface area contributed by atoms with Gasteiger partial charge in [0.15, 0.2) is 17.4 Å². The van der Waals surface area contributed by atoms with E-state index in [0.29, 0.717) is 39.1 Å². The Bertz CT molecular complexity index is 784. The molecule has 2 saturated heterocycles. The van der Waals surface area contributed by atoms with Gasteiger partial charge in [-0.2, -0.15) is 5.26 Å². The van der Waals surface area contributed by atoms with E-state index in [4.69, 9.17) is 19.5 Å². The van der Waals surface area contributed by atoms with Crippen molar-refractivity contribution in [2.24, 2.45) is 0 Å². The molecule has 9 heteroatoms. The zero-order valence-corrected chi connectivity index (χ0v) is 17.5. The molecule has 0 aliphatic carbocycles. The Morgan fingerprint density at radius 3 is 2.33 bits per heavy atom. The summed E-state index contributed by atoms with van der Waals surface area (Å²) in [5, 5.41) is 8.73. The first-order valence-electron chi connectivity index (χ1n) is 10.0. The number of carbonyl (C=O) groups excluding carboxylic acids is 1. The summed E-state index contributed by atoms with van der Waals surface area (Å²) in [4.78, 5) is 16.2. The van der Waals surface area contributed by atoms with E-state index in [1.165, 1.54) is 0 Å². The summed E-state index contributed by atoms with van der Waals surface area (Å²) in [5.74, 6) is -2.22. The highest BCUT2D eigenvalue weighted by Crippen LogP contribution is 2.24. The van der Waals surface area contributed by atoms with Gasteiger partial charge in [0.1, 0.15) is 5.60 Å². The normalized spacial score (nSPS) is 21.8. The number of fused-ring (bicyclic) bond motifs is 2. The monoisotopic (exact) mass is 423 g/mol. The summed E-state index contributed by atoms with van der Waals surface area (Å²) >= 11 is 0. The van der Waals surface area contributed by atoms with Gasteiger partial charge in [-0.3, -0.25) is 4.90 Å². The van der Waals surface area contributed by atoms with Crippen LogP contribution in [0.3, 0.4) is 0 Å². The zero-order valence-electron chi connectivity index (χ0n) is 17.5. The second kappa shape index (κ2) is 9.14. The number of halogens is 2. The summed E-state index contributed by atoms with van der Waals surface area (Å²) in [6.45, 7) is 8.62. The van der Waals surface area contributed by atoms with Gasteiger partial charge < -0.3 is 19.1 Å².